The molecule has 0 bridgehead atoms. The third kappa shape index (κ3) is 3.63. The summed E-state index contributed by atoms with van der Waals surface area (Å²) in [4.78, 5) is 12.5. The van der Waals surface area contributed by atoms with Crippen LogP contribution in [0.4, 0.5) is 5.69 Å². The average molecular weight is 283 g/mol. The summed E-state index contributed by atoms with van der Waals surface area (Å²) in [5, 5.41) is 0. The van der Waals surface area contributed by atoms with Crippen LogP contribution in [0.25, 0.3) is 0 Å². The number of para-hydroxylation sites is 1. The molecule has 0 atom stereocenters. The van der Waals surface area contributed by atoms with Gasteiger partial charge >= 0.3 is 0 Å². The van der Waals surface area contributed by atoms with Crippen molar-refractivity contribution in [3.05, 3.63) is 59.2 Å². The number of benzene rings is 2. The van der Waals surface area contributed by atoms with E-state index < -0.39 is 0 Å². The molecule has 0 saturated carbocycles. The molecule has 0 aliphatic heterocycles. The highest BCUT2D eigenvalue weighted by Gasteiger charge is 2.14. The van der Waals surface area contributed by atoms with E-state index in [1.165, 1.54) is 0 Å². The lowest BCUT2D eigenvalue weighted by Gasteiger charge is -2.12. The quantitative estimate of drug-likeness (QED) is 0.670. The van der Waals surface area contributed by atoms with E-state index in [0.29, 0.717) is 29.3 Å². The smallest absolute Gasteiger partial charge is 0.195 e. The molecule has 0 heterocycles. The number of ether oxygens (including phenoxy) is 1. The molecule has 0 aromatic heterocycles. The van der Waals surface area contributed by atoms with Crippen molar-refractivity contribution < 1.29 is 9.53 Å². The Morgan fingerprint density at radius 2 is 1.86 bits per heavy atom. The van der Waals surface area contributed by atoms with Crippen molar-refractivity contribution in [3.8, 4) is 5.75 Å². The normalized spacial score (nSPS) is 10.7. The molecule has 0 saturated heterocycles. The van der Waals surface area contributed by atoms with Gasteiger partial charge in [0.2, 0.25) is 0 Å². The van der Waals surface area contributed by atoms with Crippen molar-refractivity contribution in [2.24, 2.45) is 5.92 Å². The maximum atomic E-state index is 12.5. The molecule has 0 aliphatic carbocycles. The van der Waals surface area contributed by atoms with Crippen LogP contribution in [0.3, 0.4) is 0 Å². The summed E-state index contributed by atoms with van der Waals surface area (Å²) in [6.07, 6.45) is 0. The zero-order valence-corrected chi connectivity index (χ0v) is 12.7. The van der Waals surface area contributed by atoms with E-state index in [0.717, 1.165) is 11.3 Å². The number of nitrogens with two attached hydrogens (primary N) is 1. The van der Waals surface area contributed by atoms with E-state index in [1.807, 2.05) is 31.2 Å². The Balaban J connectivity index is 2.25. The summed E-state index contributed by atoms with van der Waals surface area (Å²) in [6, 6.07) is 12.7. The first kappa shape index (κ1) is 15.1. The highest BCUT2D eigenvalue weighted by atomic mass is 16.5. The van der Waals surface area contributed by atoms with Crippen LogP contribution >= 0.6 is 0 Å². The van der Waals surface area contributed by atoms with Gasteiger partial charge in [0, 0.05) is 16.8 Å². The second-order valence-electron chi connectivity index (χ2n) is 5.60. The molecule has 2 aromatic carbocycles. The van der Waals surface area contributed by atoms with Crippen LogP contribution < -0.4 is 10.5 Å². The first-order valence-corrected chi connectivity index (χ1v) is 7.11. The van der Waals surface area contributed by atoms with Crippen molar-refractivity contribution in [2.75, 3.05) is 12.3 Å². The molecule has 0 spiro atoms. The van der Waals surface area contributed by atoms with Crippen LogP contribution in [0.2, 0.25) is 0 Å². The first-order valence-electron chi connectivity index (χ1n) is 7.11. The fourth-order valence-corrected chi connectivity index (χ4v) is 2.09. The van der Waals surface area contributed by atoms with Crippen LogP contribution in [0.1, 0.15) is 35.3 Å². The molecule has 3 nitrogen and oxygen atoms in total. The Kier molecular flexibility index (Phi) is 4.63. The van der Waals surface area contributed by atoms with E-state index in [1.54, 1.807) is 18.2 Å². The molecule has 21 heavy (non-hydrogen) atoms. The summed E-state index contributed by atoms with van der Waals surface area (Å²) in [5.74, 6) is 1.20. The maximum Gasteiger partial charge on any atom is 0.195 e. The molecule has 0 aliphatic rings. The topological polar surface area (TPSA) is 52.3 Å². The standard InChI is InChI=1S/C18H21NO2/c1-12(2)11-21-14-8-9-15(13(3)10-14)18(20)16-6-4-5-7-17(16)19/h4-10,12H,11,19H2,1-3H3. The van der Waals surface area contributed by atoms with Gasteiger partial charge in [-0.25, -0.2) is 0 Å². The number of ketones is 1. The van der Waals surface area contributed by atoms with Crippen molar-refractivity contribution >= 4 is 11.5 Å². The van der Waals surface area contributed by atoms with Gasteiger partial charge < -0.3 is 10.5 Å². The molecule has 2 rings (SSSR count). The lowest BCUT2D eigenvalue weighted by atomic mass is 9.98. The second-order valence-corrected chi connectivity index (χ2v) is 5.60. The van der Waals surface area contributed by atoms with Gasteiger partial charge in [0.25, 0.3) is 0 Å². The van der Waals surface area contributed by atoms with Crippen molar-refractivity contribution in [1.82, 2.24) is 0 Å². The second kappa shape index (κ2) is 6.44. The monoisotopic (exact) mass is 283 g/mol. The molecule has 110 valence electrons. The summed E-state index contributed by atoms with van der Waals surface area (Å²) in [7, 11) is 0. The molecule has 2 aromatic rings. The molecule has 0 amide bonds. The summed E-state index contributed by atoms with van der Waals surface area (Å²) >= 11 is 0. The third-order valence-electron chi connectivity index (χ3n) is 3.23. The highest BCUT2D eigenvalue weighted by Crippen LogP contribution is 2.22. The molecule has 0 fully saturated rings. The predicted octanol–water partition coefficient (Wildman–Crippen LogP) is 3.84. The number of aryl methyl sites for hydroxylation is 1. The van der Waals surface area contributed by atoms with Gasteiger partial charge in [0.1, 0.15) is 5.75 Å². The van der Waals surface area contributed by atoms with Crippen molar-refractivity contribution in [2.45, 2.75) is 20.8 Å². The summed E-state index contributed by atoms with van der Waals surface area (Å²) in [5.41, 5.74) is 8.46. The summed E-state index contributed by atoms with van der Waals surface area (Å²) < 4.78 is 5.68. The van der Waals surface area contributed by atoms with E-state index in [2.05, 4.69) is 13.8 Å². The Hall–Kier alpha value is -2.29. The lowest BCUT2D eigenvalue weighted by Crippen LogP contribution is -2.08. The van der Waals surface area contributed by atoms with Gasteiger partial charge in [-0.3, -0.25) is 4.79 Å². The average Bonchev–Trinajstić information content (AvgIpc) is 2.45. The number of hydrogen-bond donors (Lipinski definition) is 1. The Labute approximate surface area is 125 Å². The number of anilines is 1. The molecule has 2 N–H and O–H groups in total. The summed E-state index contributed by atoms with van der Waals surface area (Å²) in [6.45, 7) is 6.78. The number of rotatable bonds is 5. The van der Waals surface area contributed by atoms with Gasteiger partial charge in [0.15, 0.2) is 5.78 Å². The minimum Gasteiger partial charge on any atom is -0.493 e. The number of carbonyl (C=O) groups is 1. The van der Waals surface area contributed by atoms with E-state index >= 15 is 0 Å². The SMILES string of the molecule is Cc1cc(OCC(C)C)ccc1C(=O)c1ccccc1N. The Morgan fingerprint density at radius 3 is 2.48 bits per heavy atom. The van der Waals surface area contributed by atoms with Gasteiger partial charge in [-0.1, -0.05) is 26.0 Å². The predicted molar refractivity (Wildman–Crippen MR) is 85.8 cm³/mol. The fraction of sp³-hybridized carbons (Fsp3) is 0.278. The Bertz CT molecular complexity index is 647. The molecular formula is C18H21NO2. The number of hydrogen-bond acceptors (Lipinski definition) is 3. The minimum atomic E-state index is -0.0546. The minimum absolute atomic E-state index is 0.0546. The van der Waals surface area contributed by atoms with Crippen LogP contribution in [0.5, 0.6) is 5.75 Å². The van der Waals surface area contributed by atoms with Gasteiger partial charge in [-0.05, 0) is 48.7 Å². The number of carbonyl (C=O) groups excluding carboxylic acids is 1. The molecule has 3 heteroatoms. The molecular weight excluding hydrogens is 262 g/mol. The van der Waals surface area contributed by atoms with Crippen LogP contribution in [-0.4, -0.2) is 12.4 Å². The Morgan fingerprint density at radius 1 is 1.14 bits per heavy atom. The van der Waals surface area contributed by atoms with Crippen LogP contribution in [-0.2, 0) is 0 Å². The van der Waals surface area contributed by atoms with E-state index in [9.17, 15) is 4.79 Å². The van der Waals surface area contributed by atoms with Crippen molar-refractivity contribution in [1.29, 1.82) is 0 Å². The zero-order valence-electron chi connectivity index (χ0n) is 12.7. The van der Waals surface area contributed by atoms with Crippen LogP contribution in [0, 0.1) is 12.8 Å². The largest absolute Gasteiger partial charge is 0.493 e. The van der Waals surface area contributed by atoms with E-state index in [4.69, 9.17) is 10.5 Å². The highest BCUT2D eigenvalue weighted by molar-refractivity contribution is 6.12. The fourth-order valence-electron chi connectivity index (χ4n) is 2.09. The van der Waals surface area contributed by atoms with Crippen molar-refractivity contribution in [3.63, 3.8) is 0 Å². The number of nitrogen functional groups attached to an aromatic ring is 1. The maximum absolute atomic E-state index is 12.5. The van der Waals surface area contributed by atoms with Crippen LogP contribution in [0.15, 0.2) is 42.5 Å². The van der Waals surface area contributed by atoms with Gasteiger partial charge in [-0.15, -0.1) is 0 Å². The molecule has 0 unspecified atom stereocenters. The zero-order chi connectivity index (χ0) is 15.4. The van der Waals surface area contributed by atoms with E-state index in [-0.39, 0.29) is 5.78 Å². The molecule has 0 radical (unpaired) electrons. The lowest BCUT2D eigenvalue weighted by molar-refractivity contribution is 0.103. The van der Waals surface area contributed by atoms with Gasteiger partial charge in [0.05, 0.1) is 6.61 Å². The third-order valence-corrected chi connectivity index (χ3v) is 3.23. The van der Waals surface area contributed by atoms with Gasteiger partial charge in [-0.2, -0.15) is 0 Å². The first-order chi connectivity index (χ1) is 9.99.